The number of carbonyl (C=O) groups is 1. The lowest BCUT2D eigenvalue weighted by Gasteiger charge is -2.29. The van der Waals surface area contributed by atoms with Gasteiger partial charge in [-0.3, -0.25) is 4.79 Å². The maximum absolute atomic E-state index is 13.6. The molecule has 1 heterocycles. The normalized spacial score (nSPS) is 13.3. The highest BCUT2D eigenvalue weighted by Crippen LogP contribution is 2.37. The van der Waals surface area contributed by atoms with Crippen molar-refractivity contribution in [3.05, 3.63) is 63.7 Å². The topological polar surface area (TPSA) is 87.4 Å². The summed E-state index contributed by atoms with van der Waals surface area (Å²) in [5, 5.41) is 21.4. The molecule has 0 spiro atoms. The molecule has 0 unspecified atom stereocenters. The Labute approximate surface area is 245 Å². The van der Waals surface area contributed by atoms with Gasteiger partial charge in [-0.25, -0.2) is 0 Å². The lowest BCUT2D eigenvalue weighted by Crippen LogP contribution is -2.29. The first kappa shape index (κ1) is 32.1. The Bertz CT molecular complexity index is 1390. The smallest absolute Gasteiger partial charge is 0.416 e. The molecule has 1 aliphatic rings. The zero-order valence-corrected chi connectivity index (χ0v) is 24.0. The van der Waals surface area contributed by atoms with Crippen LogP contribution in [-0.4, -0.2) is 44.4 Å². The van der Waals surface area contributed by atoms with Crippen LogP contribution in [0.1, 0.15) is 72.9 Å². The van der Waals surface area contributed by atoms with Gasteiger partial charge in [-0.1, -0.05) is 11.2 Å². The number of benzene rings is 2. The largest absolute Gasteiger partial charge is 0.481 e. The molecule has 234 valence electrons. The van der Waals surface area contributed by atoms with E-state index in [1.54, 1.807) is 6.92 Å². The molecule has 0 saturated carbocycles. The zero-order valence-electron chi connectivity index (χ0n) is 24.0. The van der Waals surface area contributed by atoms with Crippen LogP contribution in [0.3, 0.4) is 0 Å². The van der Waals surface area contributed by atoms with E-state index >= 15 is 0 Å². The number of anilines is 2. The second-order valence-electron chi connectivity index (χ2n) is 10.6. The summed E-state index contributed by atoms with van der Waals surface area (Å²) in [6, 6.07) is 5.69. The third kappa shape index (κ3) is 8.17. The Hall–Kier alpha value is -3.84. The SMILES string of the molecule is CCN(CCCCC(=O)O)c1cc2c(cc1CN(Cc1cc(C(F)(F)F)cc(C(F)(F)F)c1)c1nnn(CC)n1)CCC2. The molecule has 2 aromatic carbocycles. The van der Waals surface area contributed by atoms with Crippen LogP contribution in [0.25, 0.3) is 0 Å². The molecule has 1 aromatic heterocycles. The Balaban J connectivity index is 1.74. The van der Waals surface area contributed by atoms with Gasteiger partial charge in [-0.2, -0.15) is 31.1 Å². The molecular formula is C29H34F6N6O2. The average Bonchev–Trinajstić information content (AvgIpc) is 3.60. The summed E-state index contributed by atoms with van der Waals surface area (Å²) in [5.41, 5.74) is 1.06. The predicted octanol–water partition coefficient (Wildman–Crippen LogP) is 6.51. The van der Waals surface area contributed by atoms with Gasteiger partial charge in [0.2, 0.25) is 0 Å². The number of fused-ring (bicyclic) bond motifs is 1. The number of aromatic nitrogens is 4. The van der Waals surface area contributed by atoms with Crippen LogP contribution in [0.2, 0.25) is 0 Å². The number of nitrogens with zero attached hydrogens (tertiary/aromatic N) is 6. The van der Waals surface area contributed by atoms with Crippen molar-refractivity contribution >= 4 is 17.6 Å². The first-order valence-electron chi connectivity index (χ1n) is 14.2. The van der Waals surface area contributed by atoms with Crippen molar-refractivity contribution in [2.24, 2.45) is 0 Å². The number of halogens is 6. The predicted molar refractivity (Wildman–Crippen MR) is 148 cm³/mol. The number of rotatable bonds is 13. The maximum Gasteiger partial charge on any atom is 0.416 e. The molecule has 8 nitrogen and oxygen atoms in total. The van der Waals surface area contributed by atoms with Crippen molar-refractivity contribution in [3.63, 3.8) is 0 Å². The molecular weight excluding hydrogens is 578 g/mol. The second-order valence-corrected chi connectivity index (χ2v) is 10.6. The van der Waals surface area contributed by atoms with E-state index in [4.69, 9.17) is 5.11 Å². The molecule has 14 heteroatoms. The van der Waals surface area contributed by atoms with E-state index in [0.717, 1.165) is 48.2 Å². The van der Waals surface area contributed by atoms with Gasteiger partial charge in [-0.05, 0) is 97.7 Å². The van der Waals surface area contributed by atoms with Crippen LogP contribution in [0.15, 0.2) is 30.3 Å². The number of carboxylic acids is 1. The highest BCUT2D eigenvalue weighted by Gasteiger charge is 2.37. The molecule has 0 atom stereocenters. The van der Waals surface area contributed by atoms with E-state index in [9.17, 15) is 31.1 Å². The number of aliphatic carboxylic acids is 1. The lowest BCUT2D eigenvalue weighted by molar-refractivity contribution is -0.143. The molecule has 3 aromatic rings. The number of hydrogen-bond acceptors (Lipinski definition) is 6. The van der Waals surface area contributed by atoms with Crippen molar-refractivity contribution in [3.8, 4) is 0 Å². The van der Waals surface area contributed by atoms with Crippen LogP contribution in [0, 0.1) is 0 Å². The highest BCUT2D eigenvalue weighted by atomic mass is 19.4. The molecule has 1 N–H and O–H groups in total. The third-order valence-electron chi connectivity index (χ3n) is 7.47. The molecule has 0 saturated heterocycles. The van der Waals surface area contributed by atoms with Crippen molar-refractivity contribution in [1.29, 1.82) is 0 Å². The van der Waals surface area contributed by atoms with Crippen molar-refractivity contribution < 1.29 is 36.2 Å². The van der Waals surface area contributed by atoms with Crippen molar-refractivity contribution in [2.75, 3.05) is 22.9 Å². The maximum atomic E-state index is 13.6. The van der Waals surface area contributed by atoms with E-state index in [-0.39, 0.29) is 37.1 Å². The van der Waals surface area contributed by atoms with Gasteiger partial charge in [0.15, 0.2) is 0 Å². The summed E-state index contributed by atoms with van der Waals surface area (Å²) in [7, 11) is 0. The van der Waals surface area contributed by atoms with Crippen LogP contribution in [0.4, 0.5) is 38.0 Å². The molecule has 0 amide bonds. The van der Waals surface area contributed by atoms with E-state index in [1.807, 2.05) is 13.0 Å². The number of carboxylic acid groups (broad SMARTS) is 1. The monoisotopic (exact) mass is 612 g/mol. The summed E-state index contributed by atoms with van der Waals surface area (Å²) < 4.78 is 81.7. The Morgan fingerprint density at radius 2 is 1.56 bits per heavy atom. The van der Waals surface area contributed by atoms with E-state index in [1.165, 1.54) is 15.3 Å². The van der Waals surface area contributed by atoms with Crippen molar-refractivity contribution in [2.45, 2.75) is 84.4 Å². The summed E-state index contributed by atoms with van der Waals surface area (Å²) in [5.74, 6) is -0.795. The fourth-order valence-electron chi connectivity index (χ4n) is 5.34. The minimum Gasteiger partial charge on any atom is -0.481 e. The molecule has 1 aliphatic carbocycles. The standard InChI is InChI=1S/C29H34F6N6O2/c1-3-39(11-6-5-10-26(42)43)25-15-21-9-7-8-20(21)14-22(25)18-40(27-36-38-41(4-2)37-27)17-19-12-23(28(30,31)32)16-24(13-19)29(33,34)35/h12-16H,3-11,17-18H2,1-2H3,(H,42,43). The first-order chi connectivity index (χ1) is 20.3. The molecule has 0 aliphatic heterocycles. The number of alkyl halides is 6. The molecule has 43 heavy (non-hydrogen) atoms. The third-order valence-corrected chi connectivity index (χ3v) is 7.47. The zero-order chi connectivity index (χ0) is 31.4. The van der Waals surface area contributed by atoms with Gasteiger partial charge in [0, 0.05) is 38.3 Å². The highest BCUT2D eigenvalue weighted by molar-refractivity contribution is 5.66. The van der Waals surface area contributed by atoms with Crippen LogP contribution in [-0.2, 0) is 49.6 Å². The number of hydrogen-bond donors (Lipinski definition) is 1. The number of tetrazole rings is 1. The summed E-state index contributed by atoms with van der Waals surface area (Å²) in [6.07, 6.45) is -6.02. The van der Waals surface area contributed by atoms with Crippen LogP contribution >= 0.6 is 0 Å². The van der Waals surface area contributed by atoms with Gasteiger partial charge in [0.05, 0.1) is 17.7 Å². The quantitative estimate of drug-likeness (QED) is 0.174. The summed E-state index contributed by atoms with van der Waals surface area (Å²) in [6.45, 7) is 5.09. The molecule has 0 bridgehead atoms. The van der Waals surface area contributed by atoms with E-state index in [2.05, 4.69) is 26.4 Å². The van der Waals surface area contributed by atoms with Gasteiger partial charge >= 0.3 is 18.3 Å². The minimum absolute atomic E-state index is 0.0536. The fraction of sp³-hybridized carbons (Fsp3) is 0.517. The molecule has 4 rings (SSSR count). The average molecular weight is 613 g/mol. The Morgan fingerprint density at radius 1 is 0.907 bits per heavy atom. The Morgan fingerprint density at radius 3 is 2.12 bits per heavy atom. The van der Waals surface area contributed by atoms with Gasteiger partial charge in [0.25, 0.3) is 5.95 Å². The van der Waals surface area contributed by atoms with Crippen LogP contribution < -0.4 is 9.80 Å². The van der Waals surface area contributed by atoms with Crippen LogP contribution in [0.5, 0.6) is 0 Å². The molecule has 0 fully saturated rings. The second kappa shape index (κ2) is 13.2. The number of unbranched alkanes of at least 4 members (excludes halogenated alkanes) is 1. The van der Waals surface area contributed by atoms with Gasteiger partial charge in [-0.15, -0.1) is 5.10 Å². The van der Waals surface area contributed by atoms with Crippen molar-refractivity contribution in [1.82, 2.24) is 20.2 Å². The van der Waals surface area contributed by atoms with E-state index in [0.29, 0.717) is 32.5 Å². The first-order valence-corrected chi connectivity index (χ1v) is 14.2. The minimum atomic E-state index is -4.97. The molecule has 0 radical (unpaired) electrons. The van der Waals surface area contributed by atoms with Gasteiger partial charge in [0.1, 0.15) is 0 Å². The number of aryl methyl sites for hydroxylation is 3. The van der Waals surface area contributed by atoms with Gasteiger partial charge < -0.3 is 14.9 Å². The summed E-state index contributed by atoms with van der Waals surface area (Å²) >= 11 is 0. The Kier molecular flexibility index (Phi) is 9.86. The fourth-order valence-corrected chi connectivity index (χ4v) is 5.34. The van der Waals surface area contributed by atoms with E-state index < -0.39 is 29.4 Å². The lowest BCUT2D eigenvalue weighted by atomic mass is 10.0. The summed E-state index contributed by atoms with van der Waals surface area (Å²) in [4.78, 5) is 15.9.